The number of unbranched alkanes of at least 4 members (excludes halogenated alkanes) is 5. The standard InChI is InChI=1S/C29H43N3O5/c1-3-5-11-18-30-26(35)24-29-17-16-28(4-2,37-29)22(25(34)31-21-14-9-8-10-15-21)23(29)27(36)32(24)19-12-6-7-13-20-33/h8-10,14-15,22-24,33H,3-7,11-13,16-20H2,1-2H3,(H,30,35)(H,31,34)/t22-,23+,24?,28+,29?/m1/s1. The number of para-hydroxylation sites is 1. The lowest BCUT2D eigenvalue weighted by molar-refractivity contribution is -0.146. The highest BCUT2D eigenvalue weighted by Gasteiger charge is 2.78. The van der Waals surface area contributed by atoms with E-state index in [2.05, 4.69) is 17.6 Å². The maximum absolute atomic E-state index is 14.1. The SMILES string of the molecule is CCCCCNC(=O)C1N(CCCCCCO)C(=O)[C@@H]2[C@H](C(=O)Nc3ccccc3)[C@]3(CC)CCC12O3. The summed E-state index contributed by atoms with van der Waals surface area (Å²) in [7, 11) is 0. The summed E-state index contributed by atoms with van der Waals surface area (Å²) in [6.07, 6.45) is 8.06. The number of aliphatic hydroxyl groups is 1. The second-order valence-electron chi connectivity index (χ2n) is 10.9. The maximum atomic E-state index is 14.1. The van der Waals surface area contributed by atoms with Gasteiger partial charge in [-0.15, -0.1) is 0 Å². The molecule has 3 fully saturated rings. The van der Waals surface area contributed by atoms with Crippen molar-refractivity contribution in [3.05, 3.63) is 30.3 Å². The minimum atomic E-state index is -0.980. The minimum Gasteiger partial charge on any atom is -0.396 e. The molecule has 4 rings (SSSR count). The predicted octanol–water partition coefficient (Wildman–Crippen LogP) is 3.64. The molecule has 1 aromatic carbocycles. The molecule has 1 spiro atoms. The maximum Gasteiger partial charge on any atom is 0.245 e. The Morgan fingerprint density at radius 2 is 1.78 bits per heavy atom. The number of carbonyl (C=O) groups excluding carboxylic acids is 3. The molecule has 3 amide bonds. The van der Waals surface area contributed by atoms with E-state index in [1.54, 1.807) is 4.90 Å². The fraction of sp³-hybridized carbons (Fsp3) is 0.690. The van der Waals surface area contributed by atoms with Crippen LogP contribution >= 0.6 is 0 Å². The Labute approximate surface area is 220 Å². The van der Waals surface area contributed by atoms with E-state index < -0.39 is 29.1 Å². The van der Waals surface area contributed by atoms with Gasteiger partial charge in [0, 0.05) is 25.4 Å². The van der Waals surface area contributed by atoms with E-state index in [9.17, 15) is 14.4 Å². The zero-order valence-corrected chi connectivity index (χ0v) is 22.3. The minimum absolute atomic E-state index is 0.140. The van der Waals surface area contributed by atoms with Crippen molar-refractivity contribution < 1.29 is 24.2 Å². The third-order valence-electron chi connectivity index (χ3n) is 8.64. The normalized spacial score (nSPS) is 30.0. The van der Waals surface area contributed by atoms with Crippen molar-refractivity contribution in [3.8, 4) is 0 Å². The van der Waals surface area contributed by atoms with E-state index >= 15 is 0 Å². The molecule has 3 N–H and O–H groups in total. The van der Waals surface area contributed by atoms with Crippen molar-refractivity contribution in [2.75, 3.05) is 25.0 Å². The number of amides is 3. The highest BCUT2D eigenvalue weighted by molar-refractivity contribution is 6.02. The van der Waals surface area contributed by atoms with E-state index in [1.165, 1.54) is 0 Å². The molecule has 8 nitrogen and oxygen atoms in total. The summed E-state index contributed by atoms with van der Waals surface area (Å²) in [5.41, 5.74) is -1.04. The molecule has 8 heteroatoms. The summed E-state index contributed by atoms with van der Waals surface area (Å²) in [4.78, 5) is 43.1. The Kier molecular flexibility index (Phi) is 8.90. The van der Waals surface area contributed by atoms with Gasteiger partial charge in [0.05, 0.1) is 17.4 Å². The molecular weight excluding hydrogens is 470 g/mol. The van der Waals surface area contributed by atoms with E-state index in [4.69, 9.17) is 9.84 Å². The molecule has 204 valence electrons. The molecule has 1 aromatic rings. The van der Waals surface area contributed by atoms with Gasteiger partial charge in [0.1, 0.15) is 11.6 Å². The largest absolute Gasteiger partial charge is 0.396 e. The number of benzene rings is 1. The number of hydrogen-bond donors (Lipinski definition) is 3. The Bertz CT molecular complexity index is 956. The number of hydrogen-bond acceptors (Lipinski definition) is 5. The summed E-state index contributed by atoms with van der Waals surface area (Å²) in [6, 6.07) is 8.56. The van der Waals surface area contributed by atoms with Crippen molar-refractivity contribution in [3.63, 3.8) is 0 Å². The smallest absolute Gasteiger partial charge is 0.245 e. The molecule has 2 unspecified atom stereocenters. The first kappa shape index (κ1) is 27.6. The van der Waals surface area contributed by atoms with Crippen LogP contribution in [-0.4, -0.2) is 64.7 Å². The lowest BCUT2D eigenvalue weighted by Crippen LogP contribution is -2.55. The highest BCUT2D eigenvalue weighted by atomic mass is 16.5. The van der Waals surface area contributed by atoms with Crippen LogP contribution in [0.3, 0.4) is 0 Å². The van der Waals surface area contributed by atoms with Crippen molar-refractivity contribution in [1.29, 1.82) is 0 Å². The van der Waals surface area contributed by atoms with Crippen LogP contribution in [0.5, 0.6) is 0 Å². The second kappa shape index (κ2) is 11.9. The summed E-state index contributed by atoms with van der Waals surface area (Å²) in [5.74, 6) is -1.83. The number of nitrogens with zero attached hydrogens (tertiary/aromatic N) is 1. The van der Waals surface area contributed by atoms with Crippen molar-refractivity contribution >= 4 is 23.4 Å². The quantitative estimate of drug-likeness (QED) is 0.329. The molecule has 0 saturated carbocycles. The molecule has 3 aliphatic heterocycles. The van der Waals surface area contributed by atoms with Crippen LogP contribution in [0.25, 0.3) is 0 Å². The Hall–Kier alpha value is -2.45. The van der Waals surface area contributed by atoms with Crippen LogP contribution in [0.4, 0.5) is 5.69 Å². The highest BCUT2D eigenvalue weighted by Crippen LogP contribution is 2.64. The molecule has 3 saturated heterocycles. The van der Waals surface area contributed by atoms with Gasteiger partial charge in [-0.25, -0.2) is 0 Å². The van der Waals surface area contributed by atoms with Crippen molar-refractivity contribution in [2.24, 2.45) is 11.8 Å². The Morgan fingerprint density at radius 3 is 2.49 bits per heavy atom. The van der Waals surface area contributed by atoms with Crippen LogP contribution in [-0.2, 0) is 19.1 Å². The molecule has 2 bridgehead atoms. The number of likely N-dealkylation sites (tertiary alicyclic amines) is 1. The van der Waals surface area contributed by atoms with E-state index in [1.807, 2.05) is 37.3 Å². The number of aliphatic hydroxyl groups excluding tert-OH is 1. The van der Waals surface area contributed by atoms with Crippen LogP contribution in [0.2, 0.25) is 0 Å². The number of rotatable bonds is 14. The monoisotopic (exact) mass is 513 g/mol. The molecule has 0 aromatic heterocycles. The first-order valence-corrected chi connectivity index (χ1v) is 14.2. The molecular formula is C29H43N3O5. The number of carbonyl (C=O) groups is 3. The van der Waals surface area contributed by atoms with Gasteiger partial charge in [-0.2, -0.15) is 0 Å². The molecule has 5 atom stereocenters. The summed E-state index contributed by atoms with van der Waals surface area (Å²) in [6.45, 7) is 5.30. The Balaban J connectivity index is 1.61. The number of fused-ring (bicyclic) bond motifs is 1. The topological polar surface area (TPSA) is 108 Å². The molecule has 3 aliphatic rings. The van der Waals surface area contributed by atoms with Gasteiger partial charge in [-0.3, -0.25) is 14.4 Å². The van der Waals surface area contributed by atoms with E-state index in [-0.39, 0.29) is 24.3 Å². The zero-order valence-electron chi connectivity index (χ0n) is 22.3. The van der Waals surface area contributed by atoms with Crippen LogP contribution in [0.15, 0.2) is 30.3 Å². The lowest BCUT2D eigenvalue weighted by Gasteiger charge is -2.34. The summed E-state index contributed by atoms with van der Waals surface area (Å²) in [5, 5.41) is 15.2. The van der Waals surface area contributed by atoms with Crippen LogP contribution in [0.1, 0.15) is 78.1 Å². The third kappa shape index (κ3) is 5.15. The van der Waals surface area contributed by atoms with Gasteiger partial charge in [0.2, 0.25) is 17.7 Å². The van der Waals surface area contributed by atoms with E-state index in [0.717, 1.165) is 44.9 Å². The van der Waals surface area contributed by atoms with Gasteiger partial charge in [-0.05, 0) is 50.7 Å². The average Bonchev–Trinajstić information content (AvgIpc) is 3.50. The summed E-state index contributed by atoms with van der Waals surface area (Å²) >= 11 is 0. The number of anilines is 1. The predicted molar refractivity (Wildman–Crippen MR) is 142 cm³/mol. The number of nitrogens with one attached hydrogen (secondary N) is 2. The third-order valence-corrected chi connectivity index (χ3v) is 8.64. The first-order chi connectivity index (χ1) is 17.9. The van der Waals surface area contributed by atoms with E-state index in [0.29, 0.717) is 38.0 Å². The van der Waals surface area contributed by atoms with Crippen LogP contribution in [0, 0.1) is 11.8 Å². The molecule has 37 heavy (non-hydrogen) atoms. The van der Waals surface area contributed by atoms with Crippen LogP contribution < -0.4 is 10.6 Å². The second-order valence-corrected chi connectivity index (χ2v) is 10.9. The van der Waals surface area contributed by atoms with Gasteiger partial charge in [0.15, 0.2) is 0 Å². The molecule has 0 radical (unpaired) electrons. The summed E-state index contributed by atoms with van der Waals surface area (Å²) < 4.78 is 6.78. The van der Waals surface area contributed by atoms with Gasteiger partial charge >= 0.3 is 0 Å². The lowest BCUT2D eigenvalue weighted by atomic mass is 9.65. The first-order valence-electron chi connectivity index (χ1n) is 14.2. The Morgan fingerprint density at radius 1 is 1.03 bits per heavy atom. The molecule has 3 heterocycles. The fourth-order valence-electron chi connectivity index (χ4n) is 6.83. The average molecular weight is 514 g/mol. The zero-order chi connectivity index (χ0) is 26.5. The molecule has 0 aliphatic carbocycles. The van der Waals surface area contributed by atoms with Gasteiger partial charge in [-0.1, -0.05) is 57.7 Å². The van der Waals surface area contributed by atoms with Gasteiger partial charge in [0.25, 0.3) is 0 Å². The number of ether oxygens (including phenoxy) is 1. The van der Waals surface area contributed by atoms with Crippen molar-refractivity contribution in [1.82, 2.24) is 10.2 Å². The fourth-order valence-corrected chi connectivity index (χ4v) is 6.83. The van der Waals surface area contributed by atoms with Crippen molar-refractivity contribution in [2.45, 2.75) is 95.3 Å². The van der Waals surface area contributed by atoms with Gasteiger partial charge < -0.3 is 25.4 Å².